The van der Waals surface area contributed by atoms with Crippen LogP contribution in [0.15, 0.2) is 36.5 Å². The summed E-state index contributed by atoms with van der Waals surface area (Å²) >= 11 is 0. The van der Waals surface area contributed by atoms with Gasteiger partial charge in [0.2, 0.25) is 5.91 Å². The highest BCUT2D eigenvalue weighted by atomic mass is 16.2. The van der Waals surface area contributed by atoms with Crippen molar-refractivity contribution in [2.45, 2.75) is 6.92 Å². The summed E-state index contributed by atoms with van der Waals surface area (Å²) in [7, 11) is 0. The van der Waals surface area contributed by atoms with Crippen LogP contribution in [0.2, 0.25) is 0 Å². The number of nitrogens with one attached hydrogen (secondary N) is 1. The fourth-order valence-electron chi connectivity index (χ4n) is 1.50. The van der Waals surface area contributed by atoms with Crippen LogP contribution < -0.4 is 5.32 Å². The van der Waals surface area contributed by atoms with E-state index in [-0.39, 0.29) is 11.8 Å². The average Bonchev–Trinajstić information content (AvgIpc) is 2.49. The predicted octanol–water partition coefficient (Wildman–Crippen LogP) is 1.79. The van der Waals surface area contributed by atoms with E-state index in [0.717, 1.165) is 11.1 Å². The average molecular weight is 173 g/mol. The van der Waals surface area contributed by atoms with Gasteiger partial charge in [0.15, 0.2) is 0 Å². The highest BCUT2D eigenvalue weighted by molar-refractivity contribution is 5.97. The molecule has 0 bridgehead atoms. The van der Waals surface area contributed by atoms with Gasteiger partial charge in [0, 0.05) is 6.20 Å². The minimum Gasteiger partial charge on any atom is -0.332 e. The Hall–Kier alpha value is -1.57. The second kappa shape index (κ2) is 3.05. The maximum absolute atomic E-state index is 11.2. The molecule has 0 spiro atoms. The van der Waals surface area contributed by atoms with E-state index in [0.29, 0.717) is 0 Å². The summed E-state index contributed by atoms with van der Waals surface area (Å²) in [6.45, 7) is 1.92. The van der Waals surface area contributed by atoms with Crippen molar-refractivity contribution in [3.63, 3.8) is 0 Å². The first-order valence-corrected chi connectivity index (χ1v) is 4.35. The van der Waals surface area contributed by atoms with Gasteiger partial charge in [-0.05, 0) is 18.1 Å². The Balaban J connectivity index is 2.34. The molecule has 2 heteroatoms. The van der Waals surface area contributed by atoms with Gasteiger partial charge in [-0.2, -0.15) is 0 Å². The Morgan fingerprint density at radius 2 is 1.92 bits per heavy atom. The molecule has 1 aromatic carbocycles. The monoisotopic (exact) mass is 173 g/mol. The largest absolute Gasteiger partial charge is 0.332 e. The molecule has 0 aliphatic carbocycles. The van der Waals surface area contributed by atoms with Crippen molar-refractivity contribution in [3.05, 3.63) is 42.1 Å². The van der Waals surface area contributed by atoms with E-state index in [4.69, 9.17) is 0 Å². The van der Waals surface area contributed by atoms with E-state index in [1.165, 1.54) is 0 Å². The standard InChI is InChI=1S/C11H11NO/c1-8-10(7-12-11(8)13)9-5-3-2-4-6-9/h2-8H,1H3,(H,12,13). The third-order valence-electron chi connectivity index (χ3n) is 2.34. The Morgan fingerprint density at radius 3 is 2.46 bits per heavy atom. The number of carbonyl (C=O) groups excluding carboxylic acids is 1. The van der Waals surface area contributed by atoms with Gasteiger partial charge in [-0.3, -0.25) is 4.79 Å². The van der Waals surface area contributed by atoms with Crippen LogP contribution in [0.4, 0.5) is 0 Å². The third kappa shape index (κ3) is 1.35. The van der Waals surface area contributed by atoms with Crippen molar-refractivity contribution in [1.29, 1.82) is 0 Å². The Morgan fingerprint density at radius 1 is 1.23 bits per heavy atom. The van der Waals surface area contributed by atoms with Gasteiger partial charge in [-0.1, -0.05) is 30.3 Å². The summed E-state index contributed by atoms with van der Waals surface area (Å²) in [6, 6.07) is 9.96. The molecule has 1 aliphatic heterocycles. The lowest BCUT2D eigenvalue weighted by molar-refractivity contribution is -0.121. The van der Waals surface area contributed by atoms with Crippen LogP contribution in [0.5, 0.6) is 0 Å². The molecule has 13 heavy (non-hydrogen) atoms. The minimum absolute atomic E-state index is 0.0256. The molecule has 1 amide bonds. The fourth-order valence-corrected chi connectivity index (χ4v) is 1.50. The number of hydrogen-bond donors (Lipinski definition) is 1. The van der Waals surface area contributed by atoms with Crippen molar-refractivity contribution >= 4 is 11.5 Å². The lowest BCUT2D eigenvalue weighted by atomic mass is 9.97. The smallest absolute Gasteiger partial charge is 0.231 e. The molecule has 0 saturated heterocycles. The molecule has 1 atom stereocenters. The lowest BCUT2D eigenvalue weighted by Gasteiger charge is -2.05. The maximum Gasteiger partial charge on any atom is 0.231 e. The Bertz CT molecular complexity index is 354. The van der Waals surface area contributed by atoms with Crippen molar-refractivity contribution < 1.29 is 4.79 Å². The SMILES string of the molecule is CC1C(=O)NC=C1c1ccccc1. The predicted molar refractivity (Wildman–Crippen MR) is 51.7 cm³/mol. The van der Waals surface area contributed by atoms with Crippen LogP contribution in [0.1, 0.15) is 12.5 Å². The number of carbonyl (C=O) groups is 1. The maximum atomic E-state index is 11.2. The molecule has 2 rings (SSSR count). The van der Waals surface area contributed by atoms with Gasteiger partial charge in [-0.25, -0.2) is 0 Å². The summed E-state index contributed by atoms with van der Waals surface area (Å²) in [4.78, 5) is 11.2. The van der Waals surface area contributed by atoms with Gasteiger partial charge in [-0.15, -0.1) is 0 Å². The van der Waals surface area contributed by atoms with Crippen molar-refractivity contribution in [1.82, 2.24) is 5.32 Å². The van der Waals surface area contributed by atoms with Crippen LogP contribution in [-0.2, 0) is 4.79 Å². The van der Waals surface area contributed by atoms with Crippen LogP contribution >= 0.6 is 0 Å². The molecule has 0 aromatic heterocycles. The van der Waals surface area contributed by atoms with Crippen LogP contribution in [-0.4, -0.2) is 5.91 Å². The van der Waals surface area contributed by atoms with E-state index >= 15 is 0 Å². The molecule has 1 aliphatic rings. The second-order valence-electron chi connectivity index (χ2n) is 3.20. The van der Waals surface area contributed by atoms with E-state index in [9.17, 15) is 4.79 Å². The van der Waals surface area contributed by atoms with Crippen LogP contribution in [0.25, 0.3) is 5.57 Å². The van der Waals surface area contributed by atoms with Gasteiger partial charge in [0.25, 0.3) is 0 Å². The first-order chi connectivity index (χ1) is 6.29. The summed E-state index contributed by atoms with van der Waals surface area (Å²) in [5, 5.41) is 2.72. The second-order valence-corrected chi connectivity index (χ2v) is 3.20. The zero-order valence-corrected chi connectivity index (χ0v) is 7.45. The molecule has 0 fully saturated rings. The highest BCUT2D eigenvalue weighted by Crippen LogP contribution is 2.25. The molecular formula is C11H11NO. The van der Waals surface area contributed by atoms with E-state index < -0.39 is 0 Å². The summed E-state index contributed by atoms with van der Waals surface area (Å²) in [5.41, 5.74) is 2.19. The summed E-state index contributed by atoms with van der Waals surface area (Å²) < 4.78 is 0. The van der Waals surface area contributed by atoms with Crippen molar-refractivity contribution in [2.24, 2.45) is 5.92 Å². The van der Waals surface area contributed by atoms with E-state index in [2.05, 4.69) is 5.32 Å². The molecule has 1 unspecified atom stereocenters. The van der Waals surface area contributed by atoms with Gasteiger partial charge < -0.3 is 5.32 Å². The zero-order chi connectivity index (χ0) is 9.26. The summed E-state index contributed by atoms with van der Waals surface area (Å²) in [5.74, 6) is 0.0567. The topological polar surface area (TPSA) is 29.1 Å². The molecule has 0 radical (unpaired) electrons. The first kappa shape index (κ1) is 8.05. The fraction of sp³-hybridized carbons (Fsp3) is 0.182. The van der Waals surface area contributed by atoms with Crippen LogP contribution in [0.3, 0.4) is 0 Å². The minimum atomic E-state index is -0.0256. The van der Waals surface area contributed by atoms with Crippen molar-refractivity contribution in [2.75, 3.05) is 0 Å². The van der Waals surface area contributed by atoms with Gasteiger partial charge in [0.1, 0.15) is 0 Å². The van der Waals surface area contributed by atoms with Crippen molar-refractivity contribution in [3.8, 4) is 0 Å². The van der Waals surface area contributed by atoms with Crippen LogP contribution in [0, 0.1) is 5.92 Å². The van der Waals surface area contributed by atoms with Gasteiger partial charge >= 0.3 is 0 Å². The zero-order valence-electron chi connectivity index (χ0n) is 7.45. The van der Waals surface area contributed by atoms with Gasteiger partial charge in [0.05, 0.1) is 5.92 Å². The normalized spacial score (nSPS) is 21.2. The highest BCUT2D eigenvalue weighted by Gasteiger charge is 2.23. The molecular weight excluding hydrogens is 162 g/mol. The molecule has 1 N–H and O–H groups in total. The Labute approximate surface area is 77.3 Å². The molecule has 1 aromatic rings. The first-order valence-electron chi connectivity index (χ1n) is 4.35. The third-order valence-corrected chi connectivity index (χ3v) is 2.34. The molecule has 0 saturated carbocycles. The number of rotatable bonds is 1. The molecule has 2 nitrogen and oxygen atoms in total. The van der Waals surface area contributed by atoms with E-state index in [1.807, 2.05) is 37.3 Å². The molecule has 66 valence electrons. The summed E-state index contributed by atoms with van der Waals surface area (Å²) in [6.07, 6.45) is 1.79. The number of benzene rings is 1. The molecule has 1 heterocycles. The lowest BCUT2D eigenvalue weighted by Crippen LogP contribution is -2.16. The number of amides is 1. The quantitative estimate of drug-likeness (QED) is 0.689. The van der Waals surface area contributed by atoms with E-state index in [1.54, 1.807) is 6.20 Å². The Kier molecular flexibility index (Phi) is 1.89. The number of hydrogen-bond acceptors (Lipinski definition) is 1.